The number of ether oxygens (including phenoxy) is 1. The minimum Gasteiger partial charge on any atom is -0.495 e. The lowest BCUT2D eigenvalue weighted by atomic mass is 9.85. The van der Waals surface area contributed by atoms with E-state index in [9.17, 15) is 0 Å². The molecule has 0 aromatic heterocycles. The molecule has 18 heavy (non-hydrogen) atoms. The van der Waals surface area contributed by atoms with Crippen molar-refractivity contribution in [2.75, 3.05) is 20.2 Å². The van der Waals surface area contributed by atoms with Crippen LogP contribution in [-0.4, -0.2) is 20.2 Å². The number of halogens is 1. The van der Waals surface area contributed by atoms with Crippen molar-refractivity contribution in [3.05, 3.63) is 28.3 Å². The first kappa shape index (κ1) is 13.7. The average molecular weight is 268 g/mol. The van der Waals surface area contributed by atoms with Gasteiger partial charge in [0.05, 0.1) is 12.1 Å². The van der Waals surface area contributed by atoms with E-state index >= 15 is 0 Å². The standard InChI is InChI=1S/C15H22ClNO/c1-10(2)12-8-15(18-3)14(16)7-13(12)11-5-4-6-17-9-11/h7-8,10-11,17H,4-6,9H2,1-3H3. The summed E-state index contributed by atoms with van der Waals surface area (Å²) in [7, 11) is 1.67. The highest BCUT2D eigenvalue weighted by Crippen LogP contribution is 2.37. The average Bonchev–Trinajstić information content (AvgIpc) is 2.39. The Bertz CT molecular complexity index is 411. The highest BCUT2D eigenvalue weighted by molar-refractivity contribution is 6.32. The van der Waals surface area contributed by atoms with Gasteiger partial charge >= 0.3 is 0 Å². The van der Waals surface area contributed by atoms with Gasteiger partial charge in [-0.1, -0.05) is 25.4 Å². The van der Waals surface area contributed by atoms with Crippen LogP contribution in [0.15, 0.2) is 12.1 Å². The Morgan fingerprint density at radius 1 is 1.39 bits per heavy atom. The lowest BCUT2D eigenvalue weighted by Gasteiger charge is -2.27. The quantitative estimate of drug-likeness (QED) is 0.896. The van der Waals surface area contributed by atoms with Crippen molar-refractivity contribution in [1.82, 2.24) is 5.32 Å². The highest BCUT2D eigenvalue weighted by Gasteiger charge is 2.21. The Balaban J connectivity index is 2.40. The summed E-state index contributed by atoms with van der Waals surface area (Å²) in [6, 6.07) is 4.21. The van der Waals surface area contributed by atoms with Gasteiger partial charge in [0.15, 0.2) is 0 Å². The van der Waals surface area contributed by atoms with E-state index in [2.05, 4.69) is 31.3 Å². The van der Waals surface area contributed by atoms with Gasteiger partial charge in [-0.3, -0.25) is 0 Å². The molecule has 0 amide bonds. The lowest BCUT2D eigenvalue weighted by molar-refractivity contribution is 0.412. The van der Waals surface area contributed by atoms with Crippen LogP contribution in [0.3, 0.4) is 0 Å². The third-order valence-corrected chi connectivity index (χ3v) is 4.01. The molecule has 0 radical (unpaired) electrons. The molecule has 1 aromatic carbocycles. The second-order valence-electron chi connectivity index (χ2n) is 5.31. The molecule has 1 saturated heterocycles. The highest BCUT2D eigenvalue weighted by atomic mass is 35.5. The first-order chi connectivity index (χ1) is 8.63. The van der Waals surface area contributed by atoms with Crippen molar-refractivity contribution < 1.29 is 4.74 Å². The van der Waals surface area contributed by atoms with Gasteiger partial charge in [-0.25, -0.2) is 0 Å². The number of piperidine rings is 1. The summed E-state index contributed by atoms with van der Waals surface area (Å²) in [5, 5.41) is 4.20. The Morgan fingerprint density at radius 2 is 2.17 bits per heavy atom. The smallest absolute Gasteiger partial charge is 0.137 e. The maximum Gasteiger partial charge on any atom is 0.137 e. The number of benzene rings is 1. The third kappa shape index (κ3) is 2.81. The monoisotopic (exact) mass is 267 g/mol. The van der Waals surface area contributed by atoms with Crippen LogP contribution < -0.4 is 10.1 Å². The molecular formula is C15H22ClNO. The van der Waals surface area contributed by atoms with E-state index in [1.54, 1.807) is 7.11 Å². The van der Waals surface area contributed by atoms with Crippen LogP contribution in [0.4, 0.5) is 0 Å². The molecule has 1 atom stereocenters. The van der Waals surface area contributed by atoms with Crippen LogP contribution in [0, 0.1) is 0 Å². The molecule has 1 fully saturated rings. The second kappa shape index (κ2) is 5.94. The van der Waals surface area contributed by atoms with Crippen LogP contribution >= 0.6 is 11.6 Å². The van der Waals surface area contributed by atoms with Gasteiger partial charge in [0, 0.05) is 6.54 Å². The molecule has 3 heteroatoms. The van der Waals surface area contributed by atoms with E-state index < -0.39 is 0 Å². The second-order valence-corrected chi connectivity index (χ2v) is 5.72. The molecule has 1 heterocycles. The van der Waals surface area contributed by atoms with Gasteiger partial charge in [-0.2, -0.15) is 0 Å². The van der Waals surface area contributed by atoms with Crippen LogP contribution in [0.25, 0.3) is 0 Å². The van der Waals surface area contributed by atoms with Crippen molar-refractivity contribution >= 4 is 11.6 Å². The minimum absolute atomic E-state index is 0.494. The zero-order chi connectivity index (χ0) is 13.1. The van der Waals surface area contributed by atoms with Crippen LogP contribution in [-0.2, 0) is 0 Å². The van der Waals surface area contributed by atoms with E-state index in [1.165, 1.54) is 24.0 Å². The van der Waals surface area contributed by atoms with E-state index in [0.29, 0.717) is 11.8 Å². The molecule has 2 rings (SSSR count). The Kier molecular flexibility index (Phi) is 4.52. The molecule has 1 N–H and O–H groups in total. The van der Waals surface area contributed by atoms with Gasteiger partial charge in [-0.05, 0) is 54.5 Å². The van der Waals surface area contributed by atoms with Gasteiger partial charge in [0.1, 0.15) is 5.75 Å². The fourth-order valence-corrected chi connectivity index (χ4v) is 2.96. The fourth-order valence-electron chi connectivity index (χ4n) is 2.71. The number of rotatable bonds is 3. The molecule has 1 unspecified atom stereocenters. The topological polar surface area (TPSA) is 21.3 Å². The van der Waals surface area contributed by atoms with Crippen molar-refractivity contribution in [3.8, 4) is 5.75 Å². The summed E-state index contributed by atoms with van der Waals surface area (Å²) in [6.45, 7) is 6.64. The van der Waals surface area contributed by atoms with Gasteiger partial charge < -0.3 is 10.1 Å². The molecule has 1 aliphatic rings. The maximum absolute atomic E-state index is 6.28. The Labute approximate surface area is 115 Å². The Morgan fingerprint density at radius 3 is 2.72 bits per heavy atom. The zero-order valence-corrected chi connectivity index (χ0v) is 12.2. The molecule has 0 spiro atoms. The van der Waals surface area contributed by atoms with Crippen molar-refractivity contribution in [3.63, 3.8) is 0 Å². The number of nitrogens with one attached hydrogen (secondary N) is 1. The van der Waals surface area contributed by atoms with Crippen molar-refractivity contribution in [1.29, 1.82) is 0 Å². The lowest BCUT2D eigenvalue weighted by Crippen LogP contribution is -2.29. The molecule has 2 nitrogen and oxygen atoms in total. The Hall–Kier alpha value is -0.730. The van der Waals surface area contributed by atoms with Crippen LogP contribution in [0.2, 0.25) is 5.02 Å². The van der Waals surface area contributed by atoms with E-state index in [4.69, 9.17) is 16.3 Å². The molecular weight excluding hydrogens is 246 g/mol. The fraction of sp³-hybridized carbons (Fsp3) is 0.600. The summed E-state index contributed by atoms with van der Waals surface area (Å²) in [5.74, 6) is 1.86. The molecule has 0 aliphatic carbocycles. The minimum atomic E-state index is 0.494. The number of hydrogen-bond donors (Lipinski definition) is 1. The van der Waals surface area contributed by atoms with Crippen LogP contribution in [0.1, 0.15) is 49.7 Å². The van der Waals surface area contributed by atoms with Crippen molar-refractivity contribution in [2.45, 2.75) is 38.5 Å². The summed E-state index contributed by atoms with van der Waals surface area (Å²) in [4.78, 5) is 0. The van der Waals surface area contributed by atoms with Gasteiger partial charge in [-0.15, -0.1) is 0 Å². The predicted molar refractivity (Wildman–Crippen MR) is 76.9 cm³/mol. The maximum atomic E-state index is 6.28. The summed E-state index contributed by atoms with van der Waals surface area (Å²) in [6.07, 6.45) is 2.49. The molecule has 1 aliphatic heterocycles. The summed E-state index contributed by atoms with van der Waals surface area (Å²) in [5.41, 5.74) is 2.76. The summed E-state index contributed by atoms with van der Waals surface area (Å²) < 4.78 is 5.33. The molecule has 0 saturated carbocycles. The van der Waals surface area contributed by atoms with E-state index in [1.807, 2.05) is 0 Å². The molecule has 1 aromatic rings. The van der Waals surface area contributed by atoms with E-state index in [0.717, 1.165) is 23.9 Å². The van der Waals surface area contributed by atoms with Gasteiger partial charge in [0.2, 0.25) is 0 Å². The molecule has 0 bridgehead atoms. The SMILES string of the molecule is COc1cc(C(C)C)c(C2CCCNC2)cc1Cl. The number of hydrogen-bond acceptors (Lipinski definition) is 2. The van der Waals surface area contributed by atoms with Crippen molar-refractivity contribution in [2.24, 2.45) is 0 Å². The van der Waals surface area contributed by atoms with Gasteiger partial charge in [0.25, 0.3) is 0 Å². The molecule has 100 valence electrons. The van der Waals surface area contributed by atoms with E-state index in [-0.39, 0.29) is 0 Å². The largest absolute Gasteiger partial charge is 0.495 e. The number of methoxy groups -OCH3 is 1. The van der Waals surface area contributed by atoms with Crippen LogP contribution in [0.5, 0.6) is 5.75 Å². The first-order valence-corrected chi connectivity index (χ1v) is 7.09. The normalized spacial score (nSPS) is 20.2. The summed E-state index contributed by atoms with van der Waals surface area (Å²) >= 11 is 6.28. The third-order valence-electron chi connectivity index (χ3n) is 3.72. The first-order valence-electron chi connectivity index (χ1n) is 6.71. The predicted octanol–water partition coefficient (Wildman–Crippen LogP) is 3.94. The zero-order valence-electron chi connectivity index (χ0n) is 11.4.